The molecule has 20 heavy (non-hydrogen) atoms. The maximum absolute atomic E-state index is 6.12. The highest BCUT2D eigenvalue weighted by atomic mass is 79.9. The monoisotopic (exact) mass is 337 g/mol. The first-order valence-corrected chi connectivity index (χ1v) is 8.53. The van der Waals surface area contributed by atoms with Gasteiger partial charge in [0.15, 0.2) is 0 Å². The summed E-state index contributed by atoms with van der Waals surface area (Å²) in [5.41, 5.74) is 9.84. The Morgan fingerprint density at radius 3 is 2.55 bits per heavy atom. The lowest BCUT2D eigenvalue weighted by atomic mass is 9.98. The van der Waals surface area contributed by atoms with E-state index in [1.165, 1.54) is 56.6 Å². The predicted octanol–water partition coefficient (Wildman–Crippen LogP) is 2.88. The Balaban J connectivity index is 1.58. The Morgan fingerprint density at radius 2 is 1.75 bits per heavy atom. The molecule has 110 valence electrons. The first-order chi connectivity index (χ1) is 9.72. The number of anilines is 1. The summed E-state index contributed by atoms with van der Waals surface area (Å²) in [7, 11) is 0. The van der Waals surface area contributed by atoms with Crippen molar-refractivity contribution in [1.29, 1.82) is 0 Å². The summed E-state index contributed by atoms with van der Waals surface area (Å²) in [6.07, 6.45) is 5.27. The van der Waals surface area contributed by atoms with Gasteiger partial charge in [-0.2, -0.15) is 0 Å². The SMILES string of the molecule is Nc1cc(Br)cc2c1CCN(CCN1CCCCC1)C2. The van der Waals surface area contributed by atoms with Crippen LogP contribution in [0.2, 0.25) is 0 Å². The molecule has 0 aliphatic carbocycles. The summed E-state index contributed by atoms with van der Waals surface area (Å²) in [5.74, 6) is 0. The van der Waals surface area contributed by atoms with Crippen LogP contribution in [-0.4, -0.2) is 42.5 Å². The van der Waals surface area contributed by atoms with E-state index in [0.717, 1.165) is 29.7 Å². The smallest absolute Gasteiger partial charge is 0.0361 e. The fourth-order valence-corrected chi connectivity index (χ4v) is 3.93. The van der Waals surface area contributed by atoms with E-state index in [2.05, 4.69) is 31.8 Å². The number of fused-ring (bicyclic) bond motifs is 1. The molecule has 3 rings (SSSR count). The zero-order valence-electron chi connectivity index (χ0n) is 12.1. The van der Waals surface area contributed by atoms with Gasteiger partial charge < -0.3 is 10.6 Å². The molecular formula is C16H24BrN3. The second-order valence-corrected chi connectivity index (χ2v) is 6.98. The third kappa shape index (κ3) is 3.35. The van der Waals surface area contributed by atoms with Gasteiger partial charge in [-0.05, 0) is 55.6 Å². The van der Waals surface area contributed by atoms with Gasteiger partial charge in [-0.25, -0.2) is 0 Å². The summed E-state index contributed by atoms with van der Waals surface area (Å²) in [5, 5.41) is 0. The summed E-state index contributed by atoms with van der Waals surface area (Å²) < 4.78 is 1.10. The molecule has 1 aromatic rings. The largest absolute Gasteiger partial charge is 0.398 e. The molecule has 2 aliphatic rings. The number of hydrogen-bond donors (Lipinski definition) is 1. The van der Waals surface area contributed by atoms with Crippen molar-refractivity contribution in [1.82, 2.24) is 9.80 Å². The van der Waals surface area contributed by atoms with Crippen LogP contribution < -0.4 is 5.73 Å². The molecule has 3 nitrogen and oxygen atoms in total. The lowest BCUT2D eigenvalue weighted by Gasteiger charge is -2.33. The molecule has 0 amide bonds. The minimum Gasteiger partial charge on any atom is -0.398 e. The van der Waals surface area contributed by atoms with E-state index in [1.807, 2.05) is 6.07 Å². The van der Waals surface area contributed by atoms with Crippen LogP contribution in [0.1, 0.15) is 30.4 Å². The van der Waals surface area contributed by atoms with E-state index >= 15 is 0 Å². The van der Waals surface area contributed by atoms with Crippen LogP contribution in [0.5, 0.6) is 0 Å². The van der Waals surface area contributed by atoms with Crippen LogP contribution in [0.15, 0.2) is 16.6 Å². The molecule has 1 fully saturated rings. The number of benzene rings is 1. The van der Waals surface area contributed by atoms with Crippen LogP contribution in [0, 0.1) is 0 Å². The highest BCUT2D eigenvalue weighted by Crippen LogP contribution is 2.28. The Labute approximate surface area is 130 Å². The Bertz CT molecular complexity index is 469. The van der Waals surface area contributed by atoms with Crippen LogP contribution in [0.4, 0.5) is 5.69 Å². The second kappa shape index (κ2) is 6.46. The van der Waals surface area contributed by atoms with E-state index in [4.69, 9.17) is 5.73 Å². The molecule has 0 spiro atoms. The number of nitrogens with zero attached hydrogens (tertiary/aromatic N) is 2. The molecular weight excluding hydrogens is 314 g/mol. The average Bonchev–Trinajstić information content (AvgIpc) is 2.45. The fourth-order valence-electron chi connectivity index (χ4n) is 3.41. The van der Waals surface area contributed by atoms with Gasteiger partial charge in [0, 0.05) is 36.3 Å². The van der Waals surface area contributed by atoms with E-state index in [9.17, 15) is 0 Å². The van der Waals surface area contributed by atoms with Crippen molar-refractivity contribution in [2.75, 3.05) is 38.5 Å². The zero-order chi connectivity index (χ0) is 13.9. The van der Waals surface area contributed by atoms with Crippen molar-refractivity contribution in [2.45, 2.75) is 32.2 Å². The van der Waals surface area contributed by atoms with Gasteiger partial charge in [-0.1, -0.05) is 22.4 Å². The maximum atomic E-state index is 6.12. The van der Waals surface area contributed by atoms with Crippen molar-refractivity contribution >= 4 is 21.6 Å². The molecule has 2 N–H and O–H groups in total. The average molecular weight is 338 g/mol. The number of piperidine rings is 1. The summed E-state index contributed by atoms with van der Waals surface area (Å²) >= 11 is 3.56. The van der Waals surface area contributed by atoms with Crippen LogP contribution in [0.3, 0.4) is 0 Å². The molecule has 0 bridgehead atoms. The summed E-state index contributed by atoms with van der Waals surface area (Å²) in [4.78, 5) is 5.19. The Kier molecular flexibility index (Phi) is 4.64. The van der Waals surface area contributed by atoms with Crippen molar-refractivity contribution in [3.05, 3.63) is 27.7 Å². The lowest BCUT2D eigenvalue weighted by molar-refractivity contribution is 0.174. The van der Waals surface area contributed by atoms with Crippen molar-refractivity contribution in [3.8, 4) is 0 Å². The van der Waals surface area contributed by atoms with Crippen LogP contribution >= 0.6 is 15.9 Å². The van der Waals surface area contributed by atoms with E-state index < -0.39 is 0 Å². The molecule has 2 aliphatic heterocycles. The third-order valence-electron chi connectivity index (χ3n) is 4.59. The molecule has 1 aromatic carbocycles. The number of nitrogen functional groups attached to an aromatic ring is 1. The first kappa shape index (κ1) is 14.4. The number of rotatable bonds is 3. The number of hydrogen-bond acceptors (Lipinski definition) is 3. The molecule has 0 radical (unpaired) electrons. The maximum Gasteiger partial charge on any atom is 0.0361 e. The van der Waals surface area contributed by atoms with Gasteiger partial charge in [-0.3, -0.25) is 4.90 Å². The van der Waals surface area contributed by atoms with Gasteiger partial charge in [0.05, 0.1) is 0 Å². The van der Waals surface area contributed by atoms with Gasteiger partial charge in [-0.15, -0.1) is 0 Å². The van der Waals surface area contributed by atoms with Gasteiger partial charge in [0.25, 0.3) is 0 Å². The van der Waals surface area contributed by atoms with Gasteiger partial charge in [0.2, 0.25) is 0 Å². The highest BCUT2D eigenvalue weighted by molar-refractivity contribution is 9.10. The summed E-state index contributed by atoms with van der Waals surface area (Å²) in [6, 6.07) is 4.26. The van der Waals surface area contributed by atoms with Crippen molar-refractivity contribution in [2.24, 2.45) is 0 Å². The fraction of sp³-hybridized carbons (Fsp3) is 0.625. The Morgan fingerprint density at radius 1 is 1.00 bits per heavy atom. The van der Waals surface area contributed by atoms with E-state index in [1.54, 1.807) is 0 Å². The molecule has 0 aromatic heterocycles. The van der Waals surface area contributed by atoms with Crippen molar-refractivity contribution < 1.29 is 0 Å². The minimum absolute atomic E-state index is 0.949. The first-order valence-electron chi connectivity index (χ1n) is 7.74. The van der Waals surface area contributed by atoms with E-state index in [0.29, 0.717) is 0 Å². The Hall–Kier alpha value is -0.580. The second-order valence-electron chi connectivity index (χ2n) is 6.06. The lowest BCUT2D eigenvalue weighted by Crippen LogP contribution is -2.40. The summed E-state index contributed by atoms with van der Waals surface area (Å²) in [6.45, 7) is 7.19. The van der Waals surface area contributed by atoms with Crippen LogP contribution in [0.25, 0.3) is 0 Å². The molecule has 0 atom stereocenters. The zero-order valence-corrected chi connectivity index (χ0v) is 13.7. The van der Waals surface area contributed by atoms with Crippen LogP contribution in [-0.2, 0) is 13.0 Å². The quantitative estimate of drug-likeness (QED) is 0.861. The molecule has 0 unspecified atom stereocenters. The van der Waals surface area contributed by atoms with E-state index in [-0.39, 0.29) is 0 Å². The standard InChI is InChI=1S/C16H24BrN3/c17-14-10-13-12-20(7-4-15(13)16(18)11-14)9-8-19-5-2-1-3-6-19/h10-11H,1-9,12,18H2. The highest BCUT2D eigenvalue weighted by Gasteiger charge is 2.19. The normalized spacial score (nSPS) is 20.9. The topological polar surface area (TPSA) is 32.5 Å². The number of likely N-dealkylation sites (tertiary alicyclic amines) is 1. The predicted molar refractivity (Wildman–Crippen MR) is 87.8 cm³/mol. The molecule has 2 heterocycles. The molecule has 1 saturated heterocycles. The van der Waals surface area contributed by atoms with Crippen molar-refractivity contribution in [3.63, 3.8) is 0 Å². The minimum atomic E-state index is 0.949. The molecule has 0 saturated carbocycles. The van der Waals surface area contributed by atoms with Gasteiger partial charge >= 0.3 is 0 Å². The molecule has 4 heteroatoms. The number of nitrogens with two attached hydrogens (primary N) is 1. The van der Waals surface area contributed by atoms with Gasteiger partial charge in [0.1, 0.15) is 0 Å². The third-order valence-corrected chi connectivity index (χ3v) is 5.05. The number of halogens is 1.